The Morgan fingerprint density at radius 2 is 1.66 bits per heavy atom. The maximum atomic E-state index is 12.6. The normalized spacial score (nSPS) is 11.8. The number of ether oxygens (including phenoxy) is 3. The molecule has 0 saturated carbocycles. The lowest BCUT2D eigenvalue weighted by Crippen LogP contribution is -2.13. The highest BCUT2D eigenvalue weighted by Gasteiger charge is 2.21. The van der Waals surface area contributed by atoms with Gasteiger partial charge in [0.1, 0.15) is 0 Å². The number of halogens is 1. The van der Waals surface area contributed by atoms with Gasteiger partial charge in [0.05, 0.1) is 26.6 Å². The summed E-state index contributed by atoms with van der Waals surface area (Å²) in [6.07, 6.45) is 0. The molecule has 0 bridgehead atoms. The van der Waals surface area contributed by atoms with Crippen LogP contribution in [0.3, 0.4) is 0 Å². The van der Waals surface area contributed by atoms with Gasteiger partial charge in [-0.1, -0.05) is 39.8 Å². The first-order valence-corrected chi connectivity index (χ1v) is 10.2. The summed E-state index contributed by atoms with van der Waals surface area (Å²) in [6.45, 7) is 1.80. The van der Waals surface area contributed by atoms with E-state index in [0.29, 0.717) is 33.6 Å². The molecule has 0 saturated heterocycles. The molecule has 1 atom stereocenters. The van der Waals surface area contributed by atoms with E-state index in [0.717, 1.165) is 4.47 Å². The van der Waals surface area contributed by atoms with Gasteiger partial charge in [-0.15, -0.1) is 10.2 Å². The van der Waals surface area contributed by atoms with E-state index in [1.54, 1.807) is 31.2 Å². The van der Waals surface area contributed by atoms with Crippen LogP contribution in [0.4, 0.5) is 0 Å². The van der Waals surface area contributed by atoms with Gasteiger partial charge in [0, 0.05) is 15.6 Å². The highest BCUT2D eigenvalue weighted by molar-refractivity contribution is 9.10. The van der Waals surface area contributed by atoms with E-state index in [4.69, 9.17) is 18.6 Å². The molecule has 3 rings (SSSR count). The second-order valence-corrected chi connectivity index (χ2v) is 8.13. The topological polar surface area (TPSA) is 83.7 Å². The molecule has 152 valence electrons. The summed E-state index contributed by atoms with van der Waals surface area (Å²) >= 11 is 4.57. The molecule has 9 heteroatoms. The molecule has 0 amide bonds. The molecule has 0 aliphatic heterocycles. The van der Waals surface area contributed by atoms with E-state index < -0.39 is 0 Å². The summed E-state index contributed by atoms with van der Waals surface area (Å²) in [5.41, 5.74) is 1.24. The third-order valence-corrected chi connectivity index (χ3v) is 5.56. The van der Waals surface area contributed by atoms with Crippen molar-refractivity contribution < 1.29 is 23.4 Å². The summed E-state index contributed by atoms with van der Waals surface area (Å²) in [4.78, 5) is 12.6. The number of methoxy groups -OCH3 is 3. The van der Waals surface area contributed by atoms with Crippen LogP contribution in [-0.4, -0.2) is 42.6 Å². The molecular formula is C20H19BrN2O5S. The minimum absolute atomic E-state index is 0.0185. The Bertz CT molecular complexity index is 981. The summed E-state index contributed by atoms with van der Waals surface area (Å²) in [5, 5.41) is 8.05. The summed E-state index contributed by atoms with van der Waals surface area (Å²) in [6, 6.07) is 10.7. The molecule has 0 spiro atoms. The summed E-state index contributed by atoms with van der Waals surface area (Å²) in [7, 11) is 4.60. The second kappa shape index (κ2) is 9.32. The molecule has 0 aliphatic carbocycles. The molecule has 29 heavy (non-hydrogen) atoms. The minimum atomic E-state index is -0.385. The average Bonchev–Trinajstić information content (AvgIpc) is 3.21. The fraction of sp³-hybridized carbons (Fsp3) is 0.250. The maximum Gasteiger partial charge on any atom is 0.277 e. The molecule has 1 aromatic heterocycles. The lowest BCUT2D eigenvalue weighted by molar-refractivity contribution is 0.0993. The van der Waals surface area contributed by atoms with Gasteiger partial charge in [-0.3, -0.25) is 4.79 Å². The van der Waals surface area contributed by atoms with Crippen molar-refractivity contribution in [1.82, 2.24) is 10.2 Å². The third-order valence-electron chi connectivity index (χ3n) is 4.09. The Morgan fingerprint density at radius 1 is 1.03 bits per heavy atom. The van der Waals surface area contributed by atoms with Crippen LogP contribution in [0, 0.1) is 0 Å². The molecule has 0 aliphatic rings. The Labute approximate surface area is 180 Å². The number of Topliss-reactive ketones (excluding diaryl/α,β-unsaturated/α-hetero) is 1. The van der Waals surface area contributed by atoms with Crippen LogP contribution in [0.1, 0.15) is 17.3 Å². The van der Waals surface area contributed by atoms with E-state index >= 15 is 0 Å². The number of thioether (sulfide) groups is 1. The first kappa shape index (κ1) is 21.2. The highest BCUT2D eigenvalue weighted by Crippen LogP contribution is 2.41. The monoisotopic (exact) mass is 478 g/mol. The van der Waals surface area contributed by atoms with Crippen LogP contribution in [-0.2, 0) is 0 Å². The number of ketones is 1. The standard InChI is InChI=1S/C20H19BrN2O5S/c1-11(17(24)12-5-7-14(21)8-6-12)29-20-23-22-19(28-20)13-9-15(25-2)18(27-4)16(10-13)26-3/h5-11H,1-4H3. The van der Waals surface area contributed by atoms with Crippen molar-refractivity contribution in [2.24, 2.45) is 0 Å². The number of hydrogen-bond acceptors (Lipinski definition) is 8. The van der Waals surface area contributed by atoms with Crippen molar-refractivity contribution in [3.63, 3.8) is 0 Å². The second-order valence-electron chi connectivity index (χ2n) is 5.92. The predicted octanol–water partition coefficient (Wildman–Crippen LogP) is 4.89. The van der Waals surface area contributed by atoms with Crippen molar-refractivity contribution in [3.05, 3.63) is 46.4 Å². The molecule has 3 aromatic rings. The molecular weight excluding hydrogens is 460 g/mol. The van der Waals surface area contributed by atoms with Crippen LogP contribution in [0.15, 0.2) is 50.5 Å². The van der Waals surface area contributed by atoms with Crippen LogP contribution in [0.2, 0.25) is 0 Å². The summed E-state index contributed by atoms with van der Waals surface area (Å²) in [5.74, 6) is 1.70. The van der Waals surface area contributed by atoms with Crippen molar-refractivity contribution >= 4 is 33.5 Å². The van der Waals surface area contributed by atoms with Crippen LogP contribution in [0.25, 0.3) is 11.5 Å². The number of benzene rings is 2. The molecule has 0 radical (unpaired) electrons. The number of rotatable bonds is 8. The lowest BCUT2D eigenvalue weighted by atomic mass is 10.1. The lowest BCUT2D eigenvalue weighted by Gasteiger charge is -2.12. The number of hydrogen-bond donors (Lipinski definition) is 0. The Hall–Kier alpha value is -2.52. The van der Waals surface area contributed by atoms with Gasteiger partial charge in [-0.25, -0.2) is 0 Å². The third kappa shape index (κ3) is 4.73. The molecule has 2 aromatic carbocycles. The minimum Gasteiger partial charge on any atom is -0.493 e. The molecule has 0 fully saturated rings. The van der Waals surface area contributed by atoms with Gasteiger partial charge in [-0.05, 0) is 31.2 Å². The first-order chi connectivity index (χ1) is 14.0. The fourth-order valence-electron chi connectivity index (χ4n) is 2.63. The number of carbonyl (C=O) groups is 1. The predicted molar refractivity (Wildman–Crippen MR) is 113 cm³/mol. The maximum absolute atomic E-state index is 12.6. The first-order valence-electron chi connectivity index (χ1n) is 8.57. The Morgan fingerprint density at radius 3 is 2.21 bits per heavy atom. The summed E-state index contributed by atoms with van der Waals surface area (Å²) < 4.78 is 22.7. The van der Waals surface area contributed by atoms with Crippen LogP contribution >= 0.6 is 27.7 Å². The average molecular weight is 479 g/mol. The SMILES string of the molecule is COc1cc(-c2nnc(SC(C)C(=O)c3ccc(Br)cc3)o2)cc(OC)c1OC. The smallest absolute Gasteiger partial charge is 0.277 e. The van der Waals surface area contributed by atoms with E-state index in [1.165, 1.54) is 33.1 Å². The molecule has 1 heterocycles. The van der Waals surface area contributed by atoms with E-state index in [1.807, 2.05) is 12.1 Å². The molecule has 0 N–H and O–H groups in total. The van der Waals surface area contributed by atoms with Crippen molar-refractivity contribution in [3.8, 4) is 28.7 Å². The largest absolute Gasteiger partial charge is 0.493 e. The Kier molecular flexibility index (Phi) is 6.81. The van der Waals surface area contributed by atoms with Gasteiger partial charge in [0.15, 0.2) is 17.3 Å². The van der Waals surface area contributed by atoms with Gasteiger partial charge in [0.2, 0.25) is 11.6 Å². The van der Waals surface area contributed by atoms with Crippen LogP contribution in [0.5, 0.6) is 17.2 Å². The van der Waals surface area contributed by atoms with Crippen molar-refractivity contribution in [2.45, 2.75) is 17.4 Å². The zero-order valence-electron chi connectivity index (χ0n) is 16.3. The van der Waals surface area contributed by atoms with Crippen LogP contribution < -0.4 is 14.2 Å². The zero-order valence-corrected chi connectivity index (χ0v) is 18.7. The number of aromatic nitrogens is 2. The molecule has 7 nitrogen and oxygen atoms in total. The molecule has 1 unspecified atom stereocenters. The number of carbonyl (C=O) groups excluding carboxylic acids is 1. The van der Waals surface area contributed by atoms with E-state index in [9.17, 15) is 4.79 Å². The quantitative estimate of drug-likeness (QED) is 0.334. The number of nitrogens with zero attached hydrogens (tertiary/aromatic N) is 2. The zero-order chi connectivity index (χ0) is 21.0. The van der Waals surface area contributed by atoms with E-state index in [2.05, 4.69) is 26.1 Å². The fourth-order valence-corrected chi connectivity index (χ4v) is 3.66. The van der Waals surface area contributed by atoms with Gasteiger partial charge < -0.3 is 18.6 Å². The van der Waals surface area contributed by atoms with Gasteiger partial charge in [0.25, 0.3) is 5.22 Å². The van der Waals surface area contributed by atoms with Gasteiger partial charge >= 0.3 is 0 Å². The van der Waals surface area contributed by atoms with Crippen molar-refractivity contribution in [1.29, 1.82) is 0 Å². The van der Waals surface area contributed by atoms with Crippen molar-refractivity contribution in [2.75, 3.05) is 21.3 Å². The highest BCUT2D eigenvalue weighted by atomic mass is 79.9. The Balaban J connectivity index is 1.80. The van der Waals surface area contributed by atoms with Gasteiger partial charge in [-0.2, -0.15) is 0 Å². The van der Waals surface area contributed by atoms with E-state index in [-0.39, 0.29) is 16.9 Å².